The number of anilines is 1. The molecule has 0 bridgehead atoms. The molecule has 1 N–H and O–H groups in total. The van der Waals surface area contributed by atoms with Crippen LogP contribution in [0.15, 0.2) is 71.1 Å². The van der Waals surface area contributed by atoms with Crippen molar-refractivity contribution >= 4 is 23.3 Å². The molecule has 3 aromatic carbocycles. The number of esters is 1. The summed E-state index contributed by atoms with van der Waals surface area (Å²) in [5.41, 5.74) is 3.16. The third-order valence-electron chi connectivity index (χ3n) is 5.56. The van der Waals surface area contributed by atoms with Gasteiger partial charge in [-0.1, -0.05) is 29.8 Å². The molecule has 0 aliphatic heterocycles. The van der Waals surface area contributed by atoms with Crippen molar-refractivity contribution in [1.29, 1.82) is 10.5 Å². The number of nitriles is 2. The summed E-state index contributed by atoms with van der Waals surface area (Å²) in [4.78, 5) is 12.7. The maximum Gasteiger partial charge on any atom is 0.338 e. The Hall–Kier alpha value is -4.66. The number of hydrogen-bond acceptors (Lipinski definition) is 8. The number of nitrogens with one attached hydrogen (secondary N) is 1. The van der Waals surface area contributed by atoms with E-state index >= 15 is 0 Å². The Morgan fingerprint density at radius 2 is 1.75 bits per heavy atom. The average Bonchev–Trinajstić information content (AvgIpc) is 3.40. The molecule has 0 saturated heterocycles. The van der Waals surface area contributed by atoms with Gasteiger partial charge in [-0.05, 0) is 67.9 Å². The summed E-state index contributed by atoms with van der Waals surface area (Å²) >= 11 is 6.36. The lowest BCUT2D eigenvalue weighted by Crippen LogP contribution is -2.29. The Labute approximate surface area is 212 Å². The molecule has 1 heterocycles. The van der Waals surface area contributed by atoms with Crippen LogP contribution in [0.2, 0.25) is 5.02 Å². The van der Waals surface area contributed by atoms with Gasteiger partial charge < -0.3 is 14.5 Å². The van der Waals surface area contributed by atoms with Crippen LogP contribution in [-0.2, 0) is 4.74 Å². The van der Waals surface area contributed by atoms with Gasteiger partial charge in [0.25, 0.3) is 0 Å². The molecule has 0 fully saturated rings. The summed E-state index contributed by atoms with van der Waals surface area (Å²) in [7, 11) is 0. The lowest BCUT2D eigenvalue weighted by Gasteiger charge is -2.24. The molecule has 0 aliphatic rings. The smallest absolute Gasteiger partial charge is 0.338 e. The Morgan fingerprint density at radius 3 is 2.42 bits per heavy atom. The van der Waals surface area contributed by atoms with Crippen LogP contribution in [-0.4, -0.2) is 22.3 Å². The zero-order chi connectivity index (χ0) is 25.7. The lowest BCUT2D eigenvalue weighted by atomic mass is 10.1. The molecule has 0 saturated carbocycles. The second-order valence-electron chi connectivity index (χ2n) is 7.94. The minimum absolute atomic E-state index is 0.183. The Morgan fingerprint density at radius 1 is 1.03 bits per heavy atom. The van der Waals surface area contributed by atoms with Gasteiger partial charge in [0.05, 0.1) is 27.8 Å². The van der Waals surface area contributed by atoms with Crippen molar-refractivity contribution in [2.24, 2.45) is 0 Å². The van der Waals surface area contributed by atoms with Crippen LogP contribution in [0.3, 0.4) is 0 Å². The number of ether oxygens (including phenoxy) is 1. The van der Waals surface area contributed by atoms with Crippen molar-refractivity contribution in [3.8, 4) is 23.6 Å². The fraction of sp³-hybridized carbons (Fsp3) is 0.148. The van der Waals surface area contributed by atoms with E-state index in [-0.39, 0.29) is 11.8 Å². The van der Waals surface area contributed by atoms with Crippen LogP contribution in [0.5, 0.6) is 0 Å². The Balaban J connectivity index is 1.67. The first-order valence-corrected chi connectivity index (χ1v) is 11.3. The first-order chi connectivity index (χ1) is 17.4. The fourth-order valence-corrected chi connectivity index (χ4v) is 3.73. The molecule has 1 aromatic heterocycles. The topological polar surface area (TPSA) is 125 Å². The second kappa shape index (κ2) is 10.7. The number of halogens is 1. The molecule has 9 heteroatoms. The molecule has 0 aliphatic carbocycles. The second-order valence-corrected chi connectivity index (χ2v) is 8.32. The molecule has 178 valence electrons. The largest absolute Gasteiger partial charge is 0.456 e. The van der Waals surface area contributed by atoms with Crippen LogP contribution >= 0.6 is 11.6 Å². The van der Waals surface area contributed by atoms with Gasteiger partial charge in [-0.3, -0.25) is 0 Å². The van der Waals surface area contributed by atoms with Crippen molar-refractivity contribution in [3.63, 3.8) is 0 Å². The van der Waals surface area contributed by atoms with E-state index in [4.69, 9.17) is 26.0 Å². The Bertz CT molecular complexity index is 1470. The Kier molecular flexibility index (Phi) is 7.29. The number of aromatic nitrogens is 2. The summed E-state index contributed by atoms with van der Waals surface area (Å²) in [5, 5.41) is 30.2. The first-order valence-electron chi connectivity index (χ1n) is 11.0. The number of carbonyl (C=O) groups excluding carboxylic acids is 1. The normalized spacial score (nSPS) is 12.1. The van der Waals surface area contributed by atoms with Gasteiger partial charge in [-0.15, -0.1) is 10.2 Å². The molecule has 0 amide bonds. The summed E-state index contributed by atoms with van der Waals surface area (Å²) in [6.07, 6.45) is -0.735. The lowest BCUT2D eigenvalue weighted by molar-refractivity contribution is 0.0282. The molecule has 36 heavy (non-hydrogen) atoms. The highest BCUT2D eigenvalue weighted by Gasteiger charge is 2.29. The predicted molar refractivity (Wildman–Crippen MR) is 133 cm³/mol. The van der Waals surface area contributed by atoms with Crippen molar-refractivity contribution in [2.75, 3.05) is 5.32 Å². The quantitative estimate of drug-likeness (QED) is 0.315. The third kappa shape index (κ3) is 5.20. The van der Waals surface area contributed by atoms with E-state index in [9.17, 15) is 10.1 Å². The zero-order valence-corrected chi connectivity index (χ0v) is 20.2. The van der Waals surface area contributed by atoms with Crippen LogP contribution in [0.25, 0.3) is 11.5 Å². The SMILES string of the molecule is Cc1c(NC(c2nnc(-c3ccc(C#N)cc3)o2)[C@H](C)OC(=O)c2ccccc2)ccc(C#N)c1Cl. The minimum atomic E-state index is -0.736. The maximum absolute atomic E-state index is 12.7. The predicted octanol–water partition coefficient (Wildman–Crippen LogP) is 5.84. The van der Waals surface area contributed by atoms with E-state index in [0.29, 0.717) is 38.5 Å². The van der Waals surface area contributed by atoms with Crippen molar-refractivity contribution in [3.05, 3.63) is 99.9 Å². The monoisotopic (exact) mass is 497 g/mol. The molecule has 0 radical (unpaired) electrons. The maximum atomic E-state index is 12.7. The summed E-state index contributed by atoms with van der Waals surface area (Å²) < 4.78 is 11.7. The number of benzene rings is 3. The van der Waals surface area contributed by atoms with E-state index in [1.807, 2.05) is 6.07 Å². The van der Waals surface area contributed by atoms with E-state index in [1.165, 1.54) is 0 Å². The van der Waals surface area contributed by atoms with E-state index < -0.39 is 18.1 Å². The van der Waals surface area contributed by atoms with Gasteiger partial charge in [0.2, 0.25) is 11.8 Å². The summed E-state index contributed by atoms with van der Waals surface area (Å²) in [6.45, 7) is 3.49. The highest BCUT2D eigenvalue weighted by atomic mass is 35.5. The molecule has 0 spiro atoms. The van der Waals surface area contributed by atoms with E-state index in [0.717, 1.165) is 0 Å². The summed E-state index contributed by atoms with van der Waals surface area (Å²) in [6, 6.07) is 22.1. The number of rotatable bonds is 7. The van der Waals surface area contributed by atoms with Gasteiger partial charge in [-0.2, -0.15) is 10.5 Å². The molecule has 8 nitrogen and oxygen atoms in total. The average molecular weight is 498 g/mol. The van der Waals surface area contributed by atoms with Crippen LogP contribution in [0, 0.1) is 29.6 Å². The van der Waals surface area contributed by atoms with Crippen LogP contribution in [0.4, 0.5) is 5.69 Å². The van der Waals surface area contributed by atoms with Crippen molar-refractivity contribution in [1.82, 2.24) is 10.2 Å². The van der Waals surface area contributed by atoms with Gasteiger partial charge in [0.15, 0.2) is 0 Å². The van der Waals surface area contributed by atoms with Crippen LogP contribution < -0.4 is 5.32 Å². The zero-order valence-electron chi connectivity index (χ0n) is 19.4. The highest BCUT2D eigenvalue weighted by molar-refractivity contribution is 6.32. The number of carbonyl (C=O) groups is 1. The van der Waals surface area contributed by atoms with Crippen LogP contribution in [0.1, 0.15) is 45.9 Å². The number of hydrogen-bond donors (Lipinski definition) is 1. The van der Waals surface area contributed by atoms with Gasteiger partial charge >= 0.3 is 5.97 Å². The van der Waals surface area contributed by atoms with Gasteiger partial charge in [-0.25, -0.2) is 4.79 Å². The molecule has 1 unspecified atom stereocenters. The summed E-state index contributed by atoms with van der Waals surface area (Å²) in [5.74, 6) is -0.0728. The first kappa shape index (κ1) is 24.5. The molecule has 4 aromatic rings. The minimum Gasteiger partial charge on any atom is -0.456 e. The molecular weight excluding hydrogens is 478 g/mol. The fourth-order valence-electron chi connectivity index (χ4n) is 3.52. The van der Waals surface area contributed by atoms with Gasteiger partial charge in [0.1, 0.15) is 18.2 Å². The molecule has 4 rings (SSSR count). The third-order valence-corrected chi connectivity index (χ3v) is 6.04. The van der Waals surface area contributed by atoms with Gasteiger partial charge in [0, 0.05) is 11.3 Å². The number of nitrogens with zero attached hydrogens (tertiary/aromatic N) is 4. The van der Waals surface area contributed by atoms with E-state index in [1.54, 1.807) is 74.5 Å². The van der Waals surface area contributed by atoms with E-state index in [2.05, 4.69) is 27.7 Å². The molecular formula is C27H20ClN5O3. The van der Waals surface area contributed by atoms with Crippen molar-refractivity contribution in [2.45, 2.75) is 26.0 Å². The highest BCUT2D eigenvalue weighted by Crippen LogP contribution is 2.32. The standard InChI is InChI=1S/C27H20ClN5O3/c1-16-22(13-12-21(15-30)23(16)28)31-24(17(2)35-27(34)20-6-4-3-5-7-20)26-33-32-25(36-26)19-10-8-18(14-29)9-11-19/h3-13,17,24,31H,1-2H3/t17-,24?/m0/s1. The van der Waals surface area contributed by atoms with Crippen molar-refractivity contribution < 1.29 is 13.9 Å². The molecule has 2 atom stereocenters.